The summed E-state index contributed by atoms with van der Waals surface area (Å²) >= 11 is 0. The molecule has 0 saturated heterocycles. The Labute approximate surface area is 322 Å². The summed E-state index contributed by atoms with van der Waals surface area (Å²) in [6, 6.07) is 67.6. The summed E-state index contributed by atoms with van der Waals surface area (Å²) in [4.78, 5) is 14.8. The number of benzene rings is 8. The number of hydrogen-bond acceptors (Lipinski definition) is 4. The molecule has 0 saturated carbocycles. The van der Waals surface area contributed by atoms with Crippen molar-refractivity contribution in [2.45, 2.75) is 0 Å². The van der Waals surface area contributed by atoms with Crippen LogP contribution in [0.3, 0.4) is 0 Å². The molecule has 3 aromatic heterocycles. The highest BCUT2D eigenvalue weighted by molar-refractivity contribution is 6.11. The van der Waals surface area contributed by atoms with Gasteiger partial charge in [0.25, 0.3) is 0 Å². The van der Waals surface area contributed by atoms with E-state index >= 15 is 0 Å². The summed E-state index contributed by atoms with van der Waals surface area (Å²) in [5, 5.41) is 4.55. The van der Waals surface area contributed by atoms with Gasteiger partial charge in [0, 0.05) is 38.4 Å². The van der Waals surface area contributed by atoms with Crippen molar-refractivity contribution in [1.29, 1.82) is 0 Å². The molecular weight excluding hydrogens is 685 g/mol. The van der Waals surface area contributed by atoms with Crippen LogP contribution < -0.4 is 0 Å². The van der Waals surface area contributed by atoms with E-state index in [-0.39, 0.29) is 0 Å². The van der Waals surface area contributed by atoms with Gasteiger partial charge >= 0.3 is 0 Å². The molecule has 3 heterocycles. The smallest absolute Gasteiger partial charge is 0.167 e. The van der Waals surface area contributed by atoms with Gasteiger partial charge in [-0.05, 0) is 70.8 Å². The molecule has 5 nitrogen and oxygen atoms in total. The van der Waals surface area contributed by atoms with E-state index in [9.17, 15) is 0 Å². The van der Waals surface area contributed by atoms with E-state index < -0.39 is 0 Å². The Kier molecular flexibility index (Phi) is 7.42. The first-order valence-corrected chi connectivity index (χ1v) is 18.8. The summed E-state index contributed by atoms with van der Waals surface area (Å²) in [6.45, 7) is 0. The van der Waals surface area contributed by atoms with E-state index in [4.69, 9.17) is 19.4 Å². The summed E-state index contributed by atoms with van der Waals surface area (Å²) in [5.41, 5.74) is 12.4. The van der Waals surface area contributed by atoms with Gasteiger partial charge in [-0.1, -0.05) is 146 Å². The van der Waals surface area contributed by atoms with Gasteiger partial charge in [0.05, 0.1) is 16.6 Å². The summed E-state index contributed by atoms with van der Waals surface area (Å²) < 4.78 is 8.94. The Balaban J connectivity index is 0.966. The first-order chi connectivity index (χ1) is 27.7. The van der Waals surface area contributed by atoms with Crippen molar-refractivity contribution in [2.75, 3.05) is 0 Å². The quantitative estimate of drug-likeness (QED) is 0.172. The van der Waals surface area contributed by atoms with E-state index in [0.29, 0.717) is 17.5 Å². The average Bonchev–Trinajstić information content (AvgIpc) is 3.82. The van der Waals surface area contributed by atoms with Crippen LogP contribution in [0.4, 0.5) is 0 Å². The zero-order valence-corrected chi connectivity index (χ0v) is 30.2. The number of furan rings is 1. The molecule has 262 valence electrons. The van der Waals surface area contributed by atoms with Gasteiger partial charge in [0.1, 0.15) is 11.2 Å². The molecule has 8 aromatic carbocycles. The van der Waals surface area contributed by atoms with E-state index in [1.54, 1.807) is 0 Å². The third-order valence-corrected chi connectivity index (χ3v) is 10.7. The second kappa shape index (κ2) is 13.0. The van der Waals surface area contributed by atoms with Crippen molar-refractivity contribution < 1.29 is 4.42 Å². The molecule has 5 heteroatoms. The van der Waals surface area contributed by atoms with Crippen molar-refractivity contribution in [2.24, 2.45) is 0 Å². The molecular formula is C51H32N4O. The summed E-state index contributed by atoms with van der Waals surface area (Å²) in [7, 11) is 0. The van der Waals surface area contributed by atoms with Crippen LogP contribution in [-0.4, -0.2) is 19.5 Å². The highest BCUT2D eigenvalue weighted by Crippen LogP contribution is 2.39. The van der Waals surface area contributed by atoms with Gasteiger partial charge in [0.15, 0.2) is 17.5 Å². The van der Waals surface area contributed by atoms with Gasteiger partial charge in [-0.25, -0.2) is 15.0 Å². The van der Waals surface area contributed by atoms with Crippen molar-refractivity contribution >= 4 is 43.7 Å². The van der Waals surface area contributed by atoms with Crippen LogP contribution in [-0.2, 0) is 0 Å². The second-order valence-electron chi connectivity index (χ2n) is 14.0. The number of nitrogens with zero attached hydrogens (tertiary/aromatic N) is 4. The molecule has 0 aliphatic rings. The number of hydrogen-bond donors (Lipinski definition) is 0. The molecule has 11 rings (SSSR count). The van der Waals surface area contributed by atoms with Crippen LogP contribution in [0.1, 0.15) is 0 Å². The van der Waals surface area contributed by atoms with E-state index in [0.717, 1.165) is 55.4 Å². The number of aromatic nitrogens is 4. The first-order valence-electron chi connectivity index (χ1n) is 18.8. The lowest BCUT2D eigenvalue weighted by Gasteiger charge is -2.09. The minimum Gasteiger partial charge on any atom is -0.455 e. The second-order valence-corrected chi connectivity index (χ2v) is 14.0. The maximum atomic E-state index is 6.59. The molecule has 0 aliphatic heterocycles. The number of para-hydroxylation sites is 3. The lowest BCUT2D eigenvalue weighted by Crippen LogP contribution is -2.00. The fraction of sp³-hybridized carbons (Fsp3) is 0. The highest BCUT2D eigenvalue weighted by atomic mass is 16.3. The lowest BCUT2D eigenvalue weighted by molar-refractivity contribution is 0.669. The zero-order chi connectivity index (χ0) is 37.0. The molecule has 0 radical (unpaired) electrons. The first kappa shape index (κ1) is 31.9. The summed E-state index contributed by atoms with van der Waals surface area (Å²) in [5.74, 6) is 1.81. The molecule has 0 aliphatic carbocycles. The fourth-order valence-electron chi connectivity index (χ4n) is 7.95. The van der Waals surface area contributed by atoms with Crippen LogP contribution in [0, 0.1) is 0 Å². The Morgan fingerprint density at radius 1 is 0.339 bits per heavy atom. The molecule has 0 N–H and O–H groups in total. The van der Waals surface area contributed by atoms with E-state index in [1.807, 2.05) is 66.7 Å². The van der Waals surface area contributed by atoms with Gasteiger partial charge < -0.3 is 8.98 Å². The minimum absolute atomic E-state index is 0.570. The highest BCUT2D eigenvalue weighted by Gasteiger charge is 2.18. The largest absolute Gasteiger partial charge is 0.455 e. The van der Waals surface area contributed by atoms with Crippen LogP contribution in [0.5, 0.6) is 0 Å². The zero-order valence-electron chi connectivity index (χ0n) is 30.2. The van der Waals surface area contributed by atoms with E-state index in [2.05, 4.69) is 132 Å². The maximum absolute atomic E-state index is 6.59. The monoisotopic (exact) mass is 716 g/mol. The van der Waals surface area contributed by atoms with E-state index in [1.165, 1.54) is 32.9 Å². The van der Waals surface area contributed by atoms with Crippen LogP contribution in [0.25, 0.3) is 106 Å². The third kappa shape index (κ3) is 5.37. The molecule has 0 atom stereocenters. The third-order valence-electron chi connectivity index (χ3n) is 10.7. The lowest BCUT2D eigenvalue weighted by atomic mass is 9.98. The van der Waals surface area contributed by atoms with Gasteiger partial charge in [-0.15, -0.1) is 0 Å². The van der Waals surface area contributed by atoms with Crippen LogP contribution >= 0.6 is 0 Å². The van der Waals surface area contributed by atoms with Gasteiger partial charge in [-0.2, -0.15) is 0 Å². The van der Waals surface area contributed by atoms with Crippen molar-refractivity contribution in [3.05, 3.63) is 194 Å². The van der Waals surface area contributed by atoms with Crippen molar-refractivity contribution in [1.82, 2.24) is 19.5 Å². The minimum atomic E-state index is 0.570. The Bertz CT molecular complexity index is 3160. The number of fused-ring (bicyclic) bond motifs is 6. The maximum Gasteiger partial charge on any atom is 0.167 e. The van der Waals surface area contributed by atoms with Crippen molar-refractivity contribution in [3.63, 3.8) is 0 Å². The summed E-state index contributed by atoms with van der Waals surface area (Å²) in [6.07, 6.45) is 0. The Morgan fingerprint density at radius 3 is 1.54 bits per heavy atom. The van der Waals surface area contributed by atoms with Crippen LogP contribution in [0.15, 0.2) is 199 Å². The fourth-order valence-corrected chi connectivity index (χ4v) is 7.95. The Hall–Kier alpha value is -7.63. The topological polar surface area (TPSA) is 56.7 Å². The molecule has 0 amide bonds. The Morgan fingerprint density at radius 2 is 0.857 bits per heavy atom. The molecule has 0 bridgehead atoms. The molecule has 0 spiro atoms. The SMILES string of the molecule is c1ccc(-c2nc(-c3ccccc3)nc(-c3cccc4c3oc3ccc(-c5ccc(-c6ccc7c(c6)c6ccccc6n7-c6ccccc6)cc5)cc34)n2)cc1. The molecule has 0 unspecified atom stereocenters. The number of rotatable bonds is 6. The normalized spacial score (nSPS) is 11.6. The molecule has 0 fully saturated rings. The standard InChI is InChI=1S/C51H32N4O/c1-4-13-35(14-5-1)49-52-50(36-15-6-2-7-16-36)54-51(53-49)42-21-12-20-41-44-32-38(28-30-47(44)56-48(41)42)34-25-23-33(24-26-34)37-27-29-46-43(31-37)40-19-10-11-22-45(40)55(46)39-17-8-3-9-18-39/h1-32H. The molecule has 56 heavy (non-hydrogen) atoms. The predicted octanol–water partition coefficient (Wildman–Crippen LogP) is 13.2. The van der Waals surface area contributed by atoms with Gasteiger partial charge in [0.2, 0.25) is 0 Å². The average molecular weight is 717 g/mol. The van der Waals surface area contributed by atoms with Gasteiger partial charge in [-0.3, -0.25) is 0 Å². The molecule has 11 aromatic rings. The predicted molar refractivity (Wildman–Crippen MR) is 229 cm³/mol. The van der Waals surface area contributed by atoms with Crippen LogP contribution in [0.2, 0.25) is 0 Å². The van der Waals surface area contributed by atoms with Crippen molar-refractivity contribution in [3.8, 4) is 62.1 Å².